The number of benzene rings is 7. The first-order valence-corrected chi connectivity index (χ1v) is 17.7. The highest BCUT2D eigenvalue weighted by Crippen LogP contribution is 2.44. The molecule has 1 aromatic heterocycles. The first kappa shape index (κ1) is 30.7. The fourth-order valence-electron chi connectivity index (χ4n) is 7.47. The van der Waals surface area contributed by atoms with Crippen LogP contribution in [0.4, 0.5) is 17.1 Å². The Bertz CT molecular complexity index is 2460. The molecule has 7 aromatic carbocycles. The molecule has 1 aliphatic carbocycles. The Morgan fingerprint density at radius 1 is 0.431 bits per heavy atom. The predicted molar refractivity (Wildman–Crippen MR) is 214 cm³/mol. The van der Waals surface area contributed by atoms with Crippen molar-refractivity contribution in [1.29, 1.82) is 0 Å². The molecule has 9 rings (SSSR count). The smallest absolute Gasteiger partial charge is 0.139 e. The summed E-state index contributed by atoms with van der Waals surface area (Å²) in [4.78, 5) is 2.34. The van der Waals surface area contributed by atoms with Crippen LogP contribution in [-0.2, 0) is 0 Å². The lowest BCUT2D eigenvalue weighted by Gasteiger charge is -2.26. The van der Waals surface area contributed by atoms with Crippen molar-refractivity contribution in [3.63, 3.8) is 0 Å². The predicted octanol–water partition coefficient (Wildman–Crippen LogP) is 13.8. The van der Waals surface area contributed by atoms with Crippen LogP contribution in [0, 0.1) is 0 Å². The van der Waals surface area contributed by atoms with Gasteiger partial charge in [-0.25, -0.2) is 0 Å². The van der Waals surface area contributed by atoms with Crippen LogP contribution in [0.15, 0.2) is 192 Å². The van der Waals surface area contributed by atoms with Gasteiger partial charge in [0.2, 0.25) is 0 Å². The minimum atomic E-state index is 0.422. The molecule has 8 aromatic rings. The Balaban J connectivity index is 1.06. The van der Waals surface area contributed by atoms with E-state index in [2.05, 4.69) is 200 Å². The molecule has 0 unspecified atom stereocenters. The van der Waals surface area contributed by atoms with E-state index in [-0.39, 0.29) is 0 Å². The van der Waals surface area contributed by atoms with Crippen molar-refractivity contribution in [2.24, 2.45) is 0 Å². The van der Waals surface area contributed by atoms with Gasteiger partial charge in [-0.1, -0.05) is 153 Å². The lowest BCUT2D eigenvalue weighted by atomic mass is 9.85. The van der Waals surface area contributed by atoms with Crippen LogP contribution < -0.4 is 4.90 Å². The Morgan fingerprint density at radius 2 is 0.824 bits per heavy atom. The quantitative estimate of drug-likeness (QED) is 0.170. The Labute approximate surface area is 299 Å². The van der Waals surface area contributed by atoms with E-state index < -0.39 is 0 Å². The second-order valence-electron chi connectivity index (χ2n) is 13.4. The van der Waals surface area contributed by atoms with Crippen LogP contribution in [0.3, 0.4) is 0 Å². The van der Waals surface area contributed by atoms with Gasteiger partial charge in [-0.2, -0.15) is 0 Å². The molecule has 0 N–H and O–H groups in total. The molecule has 1 heterocycles. The maximum absolute atomic E-state index is 6.49. The van der Waals surface area contributed by atoms with Crippen LogP contribution in [0.5, 0.6) is 0 Å². The Hall–Kier alpha value is -6.38. The third kappa shape index (κ3) is 5.85. The summed E-state index contributed by atoms with van der Waals surface area (Å²) in [6, 6.07) is 65.1. The maximum Gasteiger partial charge on any atom is 0.139 e. The van der Waals surface area contributed by atoms with Crippen molar-refractivity contribution in [2.75, 3.05) is 4.90 Å². The van der Waals surface area contributed by atoms with Crippen LogP contribution in [0.1, 0.15) is 36.1 Å². The van der Waals surface area contributed by atoms with Crippen molar-refractivity contribution in [3.8, 4) is 33.4 Å². The molecule has 0 saturated carbocycles. The second kappa shape index (κ2) is 13.2. The molecule has 0 spiro atoms. The number of furan rings is 1. The average Bonchev–Trinajstić information content (AvgIpc) is 3.61. The van der Waals surface area contributed by atoms with Gasteiger partial charge in [0.25, 0.3) is 0 Å². The molecule has 0 bridgehead atoms. The third-order valence-corrected chi connectivity index (χ3v) is 10.2. The highest BCUT2D eigenvalue weighted by atomic mass is 16.3. The number of anilines is 3. The molecule has 51 heavy (non-hydrogen) atoms. The van der Waals surface area contributed by atoms with Gasteiger partial charge < -0.3 is 9.32 Å². The van der Waals surface area contributed by atoms with E-state index in [1.807, 2.05) is 0 Å². The average molecular weight is 656 g/mol. The van der Waals surface area contributed by atoms with E-state index in [1.165, 1.54) is 55.5 Å². The lowest BCUT2D eigenvalue weighted by molar-refractivity contribution is 0.581. The van der Waals surface area contributed by atoms with E-state index >= 15 is 0 Å². The minimum Gasteiger partial charge on any atom is -0.456 e. The summed E-state index contributed by atoms with van der Waals surface area (Å²) < 4.78 is 6.49. The zero-order valence-corrected chi connectivity index (χ0v) is 28.5. The fourth-order valence-corrected chi connectivity index (χ4v) is 7.47. The largest absolute Gasteiger partial charge is 0.456 e. The molecule has 0 radical (unpaired) electrons. The number of allylic oxidation sites excluding steroid dienone is 1. The number of para-hydroxylation sites is 1. The fraction of sp³-hybridized carbons (Fsp3) is 0.0612. The zero-order chi connectivity index (χ0) is 34.1. The molecule has 1 aliphatic rings. The number of fused-ring (bicyclic) bond motifs is 3. The summed E-state index contributed by atoms with van der Waals surface area (Å²) in [5.41, 5.74) is 15.2. The first-order valence-electron chi connectivity index (χ1n) is 17.7. The highest BCUT2D eigenvalue weighted by molar-refractivity contribution is 5.92. The number of hydrogen-bond donors (Lipinski definition) is 0. The molecular weight excluding hydrogens is 619 g/mol. The second-order valence-corrected chi connectivity index (χ2v) is 13.4. The topological polar surface area (TPSA) is 16.4 Å². The van der Waals surface area contributed by atoms with E-state index in [9.17, 15) is 0 Å². The van der Waals surface area contributed by atoms with Crippen LogP contribution in [0.2, 0.25) is 0 Å². The number of nitrogens with zero attached hydrogens (tertiary/aromatic N) is 1. The van der Waals surface area contributed by atoms with E-state index in [4.69, 9.17) is 4.42 Å². The molecule has 0 aliphatic heterocycles. The summed E-state index contributed by atoms with van der Waals surface area (Å²) in [5, 5.41) is 1.22. The van der Waals surface area contributed by atoms with Crippen molar-refractivity contribution in [1.82, 2.24) is 0 Å². The van der Waals surface area contributed by atoms with Crippen molar-refractivity contribution < 1.29 is 4.42 Å². The molecule has 0 amide bonds. The Morgan fingerprint density at radius 3 is 1.31 bits per heavy atom. The van der Waals surface area contributed by atoms with Gasteiger partial charge in [0.15, 0.2) is 0 Å². The van der Waals surface area contributed by atoms with Crippen LogP contribution in [-0.4, -0.2) is 0 Å². The van der Waals surface area contributed by atoms with Crippen LogP contribution >= 0.6 is 0 Å². The number of hydrogen-bond acceptors (Lipinski definition) is 2. The highest BCUT2D eigenvalue weighted by Gasteiger charge is 2.26. The van der Waals surface area contributed by atoms with Gasteiger partial charge in [0, 0.05) is 33.6 Å². The zero-order valence-electron chi connectivity index (χ0n) is 28.5. The summed E-state index contributed by atoms with van der Waals surface area (Å²) >= 11 is 0. The molecule has 244 valence electrons. The maximum atomic E-state index is 6.49. The summed E-state index contributed by atoms with van der Waals surface area (Å²) in [6.45, 7) is 2.29. The molecule has 0 saturated heterocycles. The van der Waals surface area contributed by atoms with Crippen molar-refractivity contribution in [2.45, 2.75) is 19.3 Å². The minimum absolute atomic E-state index is 0.422. The first-order chi connectivity index (χ1) is 25.2. The monoisotopic (exact) mass is 655 g/mol. The van der Waals surface area contributed by atoms with E-state index in [1.54, 1.807) is 0 Å². The van der Waals surface area contributed by atoms with Crippen molar-refractivity contribution in [3.05, 3.63) is 205 Å². The summed E-state index contributed by atoms with van der Waals surface area (Å²) in [6.07, 6.45) is 3.34. The Kier molecular flexibility index (Phi) is 7.91. The van der Waals surface area contributed by atoms with Crippen LogP contribution in [0.25, 0.3) is 49.9 Å². The molecular formula is C49H37NO. The lowest BCUT2D eigenvalue weighted by Crippen LogP contribution is -2.10. The van der Waals surface area contributed by atoms with Gasteiger partial charge in [-0.05, 0) is 93.7 Å². The molecule has 1 atom stereocenters. The van der Waals surface area contributed by atoms with Gasteiger partial charge in [-0.3, -0.25) is 0 Å². The van der Waals surface area contributed by atoms with Gasteiger partial charge in [-0.15, -0.1) is 0 Å². The van der Waals surface area contributed by atoms with Gasteiger partial charge >= 0.3 is 0 Å². The van der Waals surface area contributed by atoms with E-state index in [0.29, 0.717) is 5.92 Å². The normalized spacial score (nSPS) is 13.8. The molecule has 0 fully saturated rings. The van der Waals surface area contributed by atoms with E-state index in [0.717, 1.165) is 34.8 Å². The third-order valence-electron chi connectivity index (χ3n) is 10.2. The molecule has 2 heteroatoms. The number of rotatable bonds is 7. The van der Waals surface area contributed by atoms with Gasteiger partial charge in [0.1, 0.15) is 11.3 Å². The summed E-state index contributed by atoms with van der Waals surface area (Å²) in [7, 11) is 0. The standard InChI is InChI=1S/C49H37NO/c1-34-16-33-45(49-48(34)46-14-8-9-15-47(46)51-49)41-25-31-44(32-26-41)50(42-27-21-39(22-28-42)36-12-6-3-7-13-36)43-29-23-40(24-30-43)38-19-17-37(18-20-38)35-10-4-2-5-11-35/h2-15,17-34H,16H2,1H3/t34-/m1/s1. The summed E-state index contributed by atoms with van der Waals surface area (Å²) in [5.74, 6) is 1.43. The van der Waals surface area contributed by atoms with Gasteiger partial charge in [0.05, 0.1) is 0 Å². The SMILES string of the molecule is C[C@@H]1CC=C(c2ccc(N(c3ccc(-c4ccccc4)cc3)c3ccc(-c4ccc(-c5ccccc5)cc4)cc3)cc2)c2oc3ccccc3c21. The molecule has 2 nitrogen and oxygen atoms in total. The van der Waals surface area contributed by atoms with Crippen molar-refractivity contribution >= 4 is 33.6 Å².